The Kier molecular flexibility index (Phi) is 5.97. The average molecular weight is 306 g/mol. The Morgan fingerprint density at radius 3 is 2.52 bits per heavy atom. The zero-order valence-corrected chi connectivity index (χ0v) is 10.7. The highest BCUT2D eigenvalue weighted by atomic mass is 19.4. The van der Waals surface area contributed by atoms with Gasteiger partial charge in [-0.25, -0.2) is 9.59 Å². The van der Waals surface area contributed by atoms with Crippen LogP contribution in [0.4, 0.5) is 23.7 Å². The van der Waals surface area contributed by atoms with E-state index in [1.54, 1.807) is 0 Å². The second-order valence-electron chi connectivity index (χ2n) is 3.87. The Labute approximate surface area is 117 Å². The van der Waals surface area contributed by atoms with E-state index in [0.29, 0.717) is 0 Å². The number of carboxylic acids is 1. The van der Waals surface area contributed by atoms with Crippen LogP contribution in [0.15, 0.2) is 24.3 Å². The van der Waals surface area contributed by atoms with Crippen LogP contribution in [-0.4, -0.2) is 36.9 Å². The van der Waals surface area contributed by atoms with Crippen molar-refractivity contribution in [1.82, 2.24) is 5.32 Å². The average Bonchev–Trinajstić information content (AvgIpc) is 2.37. The molecule has 0 radical (unpaired) electrons. The van der Waals surface area contributed by atoms with Crippen LogP contribution in [-0.2, 0) is 15.7 Å². The Morgan fingerprint density at radius 1 is 1.24 bits per heavy atom. The molecule has 0 atom stereocenters. The van der Waals surface area contributed by atoms with Crippen molar-refractivity contribution in [2.45, 2.75) is 6.18 Å². The molecular formula is C12H13F3N2O4. The van der Waals surface area contributed by atoms with Gasteiger partial charge in [-0.2, -0.15) is 13.2 Å². The summed E-state index contributed by atoms with van der Waals surface area (Å²) in [7, 11) is 0. The molecular weight excluding hydrogens is 293 g/mol. The Morgan fingerprint density at radius 2 is 1.90 bits per heavy atom. The van der Waals surface area contributed by atoms with Gasteiger partial charge >= 0.3 is 18.2 Å². The lowest BCUT2D eigenvalue weighted by Gasteiger charge is -2.13. The Bertz CT molecular complexity index is 506. The summed E-state index contributed by atoms with van der Waals surface area (Å²) in [4.78, 5) is 21.6. The van der Waals surface area contributed by atoms with Gasteiger partial charge in [0.2, 0.25) is 0 Å². The van der Waals surface area contributed by atoms with Gasteiger partial charge in [0.15, 0.2) is 0 Å². The van der Waals surface area contributed by atoms with Crippen molar-refractivity contribution in [3.05, 3.63) is 29.8 Å². The molecule has 0 unspecified atom stereocenters. The van der Waals surface area contributed by atoms with Crippen molar-refractivity contribution in [2.24, 2.45) is 0 Å². The number of hydrogen-bond acceptors (Lipinski definition) is 3. The van der Waals surface area contributed by atoms with Crippen LogP contribution >= 0.6 is 0 Å². The number of amides is 2. The van der Waals surface area contributed by atoms with Crippen molar-refractivity contribution in [1.29, 1.82) is 0 Å². The first kappa shape index (κ1) is 16.8. The van der Waals surface area contributed by atoms with E-state index >= 15 is 0 Å². The number of benzene rings is 1. The highest BCUT2D eigenvalue weighted by Crippen LogP contribution is 2.34. The normalized spacial score (nSPS) is 11.0. The highest BCUT2D eigenvalue weighted by Gasteiger charge is 2.33. The van der Waals surface area contributed by atoms with Crippen LogP contribution in [0.5, 0.6) is 0 Å². The lowest BCUT2D eigenvalue weighted by molar-refractivity contribution is -0.142. The maximum Gasteiger partial charge on any atom is 0.418 e. The number of hydrogen-bond donors (Lipinski definition) is 3. The fourth-order valence-corrected chi connectivity index (χ4v) is 1.40. The molecule has 3 N–H and O–H groups in total. The first-order valence-corrected chi connectivity index (χ1v) is 5.81. The summed E-state index contributed by atoms with van der Waals surface area (Å²) in [5.41, 5.74) is -1.32. The summed E-state index contributed by atoms with van der Waals surface area (Å²) in [5.74, 6) is -1.15. The quantitative estimate of drug-likeness (QED) is 0.701. The number of carbonyl (C=O) groups is 2. The molecule has 0 bridgehead atoms. The first-order chi connectivity index (χ1) is 9.80. The van der Waals surface area contributed by atoms with Crippen LogP contribution in [0.2, 0.25) is 0 Å². The third kappa shape index (κ3) is 6.13. The molecule has 0 aliphatic heterocycles. The van der Waals surface area contributed by atoms with E-state index in [0.717, 1.165) is 12.1 Å². The zero-order chi connectivity index (χ0) is 15.9. The number of carboxylic acid groups (broad SMARTS) is 1. The molecule has 1 rings (SSSR count). The molecule has 6 nitrogen and oxygen atoms in total. The largest absolute Gasteiger partial charge is 0.480 e. The molecule has 1 aromatic rings. The van der Waals surface area contributed by atoms with E-state index in [9.17, 15) is 22.8 Å². The number of para-hydroxylation sites is 1. The summed E-state index contributed by atoms with van der Waals surface area (Å²) < 4.78 is 42.7. The van der Waals surface area contributed by atoms with Gasteiger partial charge in [0, 0.05) is 6.54 Å². The second kappa shape index (κ2) is 7.48. The predicted molar refractivity (Wildman–Crippen MR) is 66.9 cm³/mol. The van der Waals surface area contributed by atoms with Crippen molar-refractivity contribution in [2.75, 3.05) is 25.1 Å². The van der Waals surface area contributed by atoms with Crippen molar-refractivity contribution in [3.8, 4) is 0 Å². The molecule has 0 aliphatic rings. The minimum absolute atomic E-state index is 0.0344. The number of urea groups is 1. The maximum atomic E-state index is 12.7. The predicted octanol–water partition coefficient (Wildman–Crippen LogP) is 1.93. The Hall–Kier alpha value is -2.29. The summed E-state index contributed by atoms with van der Waals surface area (Å²) in [5, 5.41) is 12.6. The summed E-state index contributed by atoms with van der Waals surface area (Å²) >= 11 is 0. The van der Waals surface area contributed by atoms with Crippen LogP contribution in [0.25, 0.3) is 0 Å². The van der Waals surface area contributed by atoms with Crippen molar-refractivity contribution >= 4 is 17.7 Å². The first-order valence-electron chi connectivity index (χ1n) is 5.81. The van der Waals surface area contributed by atoms with E-state index in [-0.39, 0.29) is 18.8 Å². The zero-order valence-electron chi connectivity index (χ0n) is 10.7. The van der Waals surface area contributed by atoms with Crippen LogP contribution < -0.4 is 10.6 Å². The number of ether oxygens (including phenoxy) is 1. The van der Waals surface area contributed by atoms with Gasteiger partial charge in [-0.05, 0) is 12.1 Å². The lowest BCUT2D eigenvalue weighted by atomic mass is 10.1. The van der Waals surface area contributed by atoms with Crippen LogP contribution in [0.3, 0.4) is 0 Å². The minimum atomic E-state index is -4.57. The van der Waals surface area contributed by atoms with Crippen molar-refractivity contribution < 1.29 is 32.6 Å². The van der Waals surface area contributed by atoms with Gasteiger partial charge in [-0.3, -0.25) is 0 Å². The van der Waals surface area contributed by atoms with Gasteiger partial charge < -0.3 is 20.5 Å². The maximum absolute atomic E-state index is 12.7. The van der Waals surface area contributed by atoms with Gasteiger partial charge in [0.1, 0.15) is 6.61 Å². The number of rotatable bonds is 6. The van der Waals surface area contributed by atoms with E-state index in [4.69, 9.17) is 5.11 Å². The molecule has 0 saturated heterocycles. The number of carbonyl (C=O) groups excluding carboxylic acids is 1. The fraction of sp³-hybridized carbons (Fsp3) is 0.333. The lowest BCUT2D eigenvalue weighted by Crippen LogP contribution is -2.32. The third-order valence-corrected chi connectivity index (χ3v) is 2.24. The number of aliphatic carboxylic acids is 1. The number of halogens is 3. The van der Waals surface area contributed by atoms with E-state index in [1.807, 2.05) is 0 Å². The molecule has 0 saturated carbocycles. The molecule has 1 aromatic carbocycles. The summed E-state index contributed by atoms with van der Waals surface area (Å²) in [6.45, 7) is -0.617. The SMILES string of the molecule is O=C(O)COCCNC(=O)Nc1ccccc1C(F)(F)F. The minimum Gasteiger partial charge on any atom is -0.480 e. The van der Waals surface area contributed by atoms with Crippen LogP contribution in [0.1, 0.15) is 5.56 Å². The van der Waals surface area contributed by atoms with Gasteiger partial charge in [-0.1, -0.05) is 12.1 Å². The Balaban J connectivity index is 2.47. The number of nitrogens with one attached hydrogen (secondary N) is 2. The molecule has 0 fully saturated rings. The van der Waals surface area contributed by atoms with E-state index in [1.165, 1.54) is 12.1 Å². The van der Waals surface area contributed by atoms with Gasteiger partial charge in [-0.15, -0.1) is 0 Å². The van der Waals surface area contributed by atoms with Crippen LogP contribution in [0, 0.1) is 0 Å². The van der Waals surface area contributed by atoms with E-state index in [2.05, 4.69) is 15.4 Å². The smallest absolute Gasteiger partial charge is 0.418 e. The third-order valence-electron chi connectivity index (χ3n) is 2.24. The fourth-order valence-electron chi connectivity index (χ4n) is 1.40. The molecule has 0 aromatic heterocycles. The summed E-state index contributed by atoms with van der Waals surface area (Å²) in [6.07, 6.45) is -4.57. The molecule has 116 valence electrons. The summed E-state index contributed by atoms with van der Waals surface area (Å²) in [6, 6.07) is 3.71. The number of anilines is 1. The van der Waals surface area contributed by atoms with Gasteiger partial charge in [0.05, 0.1) is 17.9 Å². The highest BCUT2D eigenvalue weighted by molar-refractivity contribution is 5.90. The van der Waals surface area contributed by atoms with Crippen molar-refractivity contribution in [3.63, 3.8) is 0 Å². The molecule has 0 spiro atoms. The molecule has 2 amide bonds. The molecule has 9 heteroatoms. The van der Waals surface area contributed by atoms with Gasteiger partial charge in [0.25, 0.3) is 0 Å². The molecule has 0 heterocycles. The monoisotopic (exact) mass is 306 g/mol. The molecule has 21 heavy (non-hydrogen) atoms. The van der Waals surface area contributed by atoms with E-state index < -0.39 is 30.3 Å². The second-order valence-corrected chi connectivity index (χ2v) is 3.87. The standard InChI is InChI=1S/C12H13F3N2O4/c13-12(14,15)8-3-1-2-4-9(8)17-11(20)16-5-6-21-7-10(18)19/h1-4H,5-7H2,(H,18,19)(H2,16,17,20). The topological polar surface area (TPSA) is 87.7 Å². The molecule has 0 aliphatic carbocycles. The number of alkyl halides is 3.